The molecule has 29 heavy (non-hydrogen) atoms. The maximum Gasteiger partial charge on any atom is 0.261 e. The predicted octanol–water partition coefficient (Wildman–Crippen LogP) is 4.10. The second-order valence-electron chi connectivity index (χ2n) is 7.18. The number of carbonyl (C=O) groups is 2. The van der Waals surface area contributed by atoms with Gasteiger partial charge < -0.3 is 15.0 Å². The number of rotatable bonds is 11. The first-order chi connectivity index (χ1) is 14.0. The van der Waals surface area contributed by atoms with Gasteiger partial charge in [0.05, 0.1) is 0 Å². The fourth-order valence-corrected chi connectivity index (χ4v) is 3.14. The van der Waals surface area contributed by atoms with Gasteiger partial charge in [-0.05, 0) is 43.0 Å². The number of nitrogens with one attached hydrogen (secondary N) is 1. The lowest BCUT2D eigenvalue weighted by Gasteiger charge is -2.30. The molecule has 0 aromatic heterocycles. The summed E-state index contributed by atoms with van der Waals surface area (Å²) in [5.74, 6) is 0.340. The van der Waals surface area contributed by atoms with Gasteiger partial charge in [-0.15, -0.1) is 0 Å². The van der Waals surface area contributed by atoms with Crippen LogP contribution in [0.25, 0.3) is 0 Å². The molecule has 0 bridgehead atoms. The second-order valence-corrected chi connectivity index (χ2v) is 7.18. The zero-order valence-electron chi connectivity index (χ0n) is 17.7. The molecule has 2 rings (SSSR count). The van der Waals surface area contributed by atoms with Crippen LogP contribution in [-0.2, 0) is 16.1 Å². The first kappa shape index (κ1) is 22.5. The number of hydrogen-bond acceptors (Lipinski definition) is 3. The maximum atomic E-state index is 13.1. The van der Waals surface area contributed by atoms with Crippen LogP contribution in [0.15, 0.2) is 54.6 Å². The van der Waals surface area contributed by atoms with Crippen LogP contribution in [0.2, 0.25) is 0 Å². The molecule has 0 radical (unpaired) electrons. The zero-order valence-corrected chi connectivity index (χ0v) is 17.7. The SMILES string of the molecule is CCCCNC(=O)[C@@H](CC)N(Cc1ccccc1)C(=O)COc1cccc(C)c1. The van der Waals surface area contributed by atoms with Crippen molar-refractivity contribution >= 4 is 11.8 Å². The van der Waals surface area contributed by atoms with E-state index in [0.29, 0.717) is 25.3 Å². The summed E-state index contributed by atoms with van der Waals surface area (Å²) >= 11 is 0. The third-order valence-corrected chi connectivity index (χ3v) is 4.76. The number of ether oxygens (including phenoxy) is 1. The highest BCUT2D eigenvalue weighted by Crippen LogP contribution is 2.15. The van der Waals surface area contributed by atoms with Crippen LogP contribution in [0.3, 0.4) is 0 Å². The number of unbranched alkanes of at least 4 members (excludes halogenated alkanes) is 1. The largest absolute Gasteiger partial charge is 0.484 e. The normalized spacial score (nSPS) is 11.6. The average Bonchev–Trinajstić information content (AvgIpc) is 2.73. The molecule has 0 spiro atoms. The molecule has 2 aromatic carbocycles. The highest BCUT2D eigenvalue weighted by Gasteiger charge is 2.28. The van der Waals surface area contributed by atoms with E-state index in [9.17, 15) is 9.59 Å². The topological polar surface area (TPSA) is 58.6 Å². The van der Waals surface area contributed by atoms with Crippen molar-refractivity contribution in [2.75, 3.05) is 13.2 Å². The Bertz CT molecular complexity index is 777. The molecular weight excluding hydrogens is 364 g/mol. The minimum absolute atomic E-state index is 0.102. The van der Waals surface area contributed by atoms with Gasteiger partial charge in [-0.3, -0.25) is 9.59 Å². The summed E-state index contributed by atoms with van der Waals surface area (Å²) in [6.07, 6.45) is 2.47. The molecule has 0 aliphatic carbocycles. The summed E-state index contributed by atoms with van der Waals surface area (Å²) in [6.45, 7) is 6.88. The van der Waals surface area contributed by atoms with Gasteiger partial charge in [0.2, 0.25) is 5.91 Å². The minimum Gasteiger partial charge on any atom is -0.484 e. The molecule has 2 amide bonds. The second kappa shape index (κ2) is 11.9. The molecule has 0 unspecified atom stereocenters. The molecule has 0 fully saturated rings. The number of hydrogen-bond donors (Lipinski definition) is 1. The van der Waals surface area contributed by atoms with E-state index < -0.39 is 6.04 Å². The number of amides is 2. The van der Waals surface area contributed by atoms with Gasteiger partial charge in [-0.1, -0.05) is 62.7 Å². The van der Waals surface area contributed by atoms with E-state index in [2.05, 4.69) is 12.2 Å². The highest BCUT2D eigenvalue weighted by atomic mass is 16.5. The van der Waals surface area contributed by atoms with E-state index in [-0.39, 0.29) is 18.4 Å². The average molecular weight is 397 g/mol. The van der Waals surface area contributed by atoms with Gasteiger partial charge in [0.25, 0.3) is 5.91 Å². The van der Waals surface area contributed by atoms with Gasteiger partial charge in [0, 0.05) is 13.1 Å². The van der Waals surface area contributed by atoms with Crippen LogP contribution in [0.4, 0.5) is 0 Å². The fourth-order valence-electron chi connectivity index (χ4n) is 3.14. The van der Waals surface area contributed by atoms with E-state index >= 15 is 0 Å². The lowest BCUT2D eigenvalue weighted by Crippen LogP contribution is -2.50. The van der Waals surface area contributed by atoms with E-state index in [4.69, 9.17) is 4.74 Å². The number of carbonyl (C=O) groups excluding carboxylic acids is 2. The van der Waals surface area contributed by atoms with Crippen LogP contribution >= 0.6 is 0 Å². The fraction of sp³-hybridized carbons (Fsp3) is 0.417. The molecule has 5 heteroatoms. The molecule has 1 N–H and O–H groups in total. The molecule has 156 valence electrons. The van der Waals surface area contributed by atoms with Crippen LogP contribution in [0.5, 0.6) is 5.75 Å². The Hall–Kier alpha value is -2.82. The molecule has 0 heterocycles. The van der Waals surface area contributed by atoms with E-state index in [1.54, 1.807) is 4.90 Å². The van der Waals surface area contributed by atoms with Crippen molar-refractivity contribution in [1.82, 2.24) is 10.2 Å². The van der Waals surface area contributed by atoms with Gasteiger partial charge in [-0.25, -0.2) is 0 Å². The molecular formula is C24H32N2O3. The number of aryl methyl sites for hydroxylation is 1. The van der Waals surface area contributed by atoms with Gasteiger partial charge >= 0.3 is 0 Å². The number of nitrogens with zero attached hydrogens (tertiary/aromatic N) is 1. The zero-order chi connectivity index (χ0) is 21.1. The Morgan fingerprint density at radius 3 is 2.48 bits per heavy atom. The monoisotopic (exact) mass is 396 g/mol. The molecule has 1 atom stereocenters. The summed E-state index contributed by atoms with van der Waals surface area (Å²) in [4.78, 5) is 27.5. The van der Waals surface area contributed by atoms with Crippen LogP contribution in [0, 0.1) is 6.92 Å². The molecule has 0 saturated heterocycles. The lowest BCUT2D eigenvalue weighted by atomic mass is 10.1. The van der Waals surface area contributed by atoms with E-state index in [1.807, 2.05) is 68.4 Å². The van der Waals surface area contributed by atoms with Crippen molar-refractivity contribution in [3.05, 3.63) is 65.7 Å². The smallest absolute Gasteiger partial charge is 0.261 e. The summed E-state index contributed by atoms with van der Waals surface area (Å²) in [5, 5.41) is 2.96. The van der Waals surface area contributed by atoms with E-state index in [0.717, 1.165) is 24.0 Å². The Labute approximate surface area is 174 Å². The standard InChI is InChI=1S/C24H32N2O3/c1-4-6-15-25-24(28)22(5-2)26(17-20-12-8-7-9-13-20)23(27)18-29-21-14-10-11-19(3)16-21/h7-14,16,22H,4-6,15,17-18H2,1-3H3,(H,25,28)/t22-/m1/s1. The molecule has 0 aliphatic heterocycles. The van der Waals surface area contributed by atoms with Crippen molar-refractivity contribution < 1.29 is 14.3 Å². The van der Waals surface area contributed by atoms with Crippen molar-refractivity contribution in [2.24, 2.45) is 0 Å². The first-order valence-electron chi connectivity index (χ1n) is 10.4. The number of benzene rings is 2. The van der Waals surface area contributed by atoms with Crippen molar-refractivity contribution in [2.45, 2.75) is 52.6 Å². The van der Waals surface area contributed by atoms with Crippen LogP contribution in [0.1, 0.15) is 44.2 Å². The predicted molar refractivity (Wildman–Crippen MR) is 116 cm³/mol. The Morgan fingerprint density at radius 1 is 1.07 bits per heavy atom. The quantitative estimate of drug-likeness (QED) is 0.582. The van der Waals surface area contributed by atoms with Gasteiger partial charge in [-0.2, -0.15) is 0 Å². The Morgan fingerprint density at radius 2 is 1.83 bits per heavy atom. The van der Waals surface area contributed by atoms with Crippen molar-refractivity contribution in [3.8, 4) is 5.75 Å². The lowest BCUT2D eigenvalue weighted by molar-refractivity contribution is -0.143. The Balaban J connectivity index is 2.13. The molecule has 5 nitrogen and oxygen atoms in total. The maximum absolute atomic E-state index is 13.1. The Kier molecular flexibility index (Phi) is 9.22. The summed E-state index contributed by atoms with van der Waals surface area (Å²) in [7, 11) is 0. The van der Waals surface area contributed by atoms with Gasteiger partial charge in [0.1, 0.15) is 11.8 Å². The third kappa shape index (κ3) is 7.26. The van der Waals surface area contributed by atoms with Gasteiger partial charge in [0.15, 0.2) is 6.61 Å². The molecule has 0 saturated carbocycles. The summed E-state index contributed by atoms with van der Waals surface area (Å²) in [5.41, 5.74) is 2.05. The van der Waals surface area contributed by atoms with Crippen LogP contribution in [-0.4, -0.2) is 35.9 Å². The van der Waals surface area contributed by atoms with Crippen molar-refractivity contribution in [1.29, 1.82) is 0 Å². The van der Waals surface area contributed by atoms with Crippen LogP contribution < -0.4 is 10.1 Å². The first-order valence-corrected chi connectivity index (χ1v) is 10.4. The van der Waals surface area contributed by atoms with E-state index in [1.165, 1.54) is 0 Å². The third-order valence-electron chi connectivity index (χ3n) is 4.76. The molecule has 2 aromatic rings. The minimum atomic E-state index is -0.527. The summed E-state index contributed by atoms with van der Waals surface area (Å²) < 4.78 is 5.72. The summed E-state index contributed by atoms with van der Waals surface area (Å²) in [6, 6.07) is 16.8. The van der Waals surface area contributed by atoms with Crippen molar-refractivity contribution in [3.63, 3.8) is 0 Å². The molecule has 0 aliphatic rings. The highest BCUT2D eigenvalue weighted by molar-refractivity contribution is 5.88.